The van der Waals surface area contributed by atoms with Crippen LogP contribution in [-0.2, 0) is 4.79 Å². The number of carbonyl (C=O) groups is 1. The van der Waals surface area contributed by atoms with Crippen LogP contribution in [0.25, 0.3) is 0 Å². The molecule has 1 aliphatic rings. The quantitative estimate of drug-likeness (QED) is 0.705. The van der Waals surface area contributed by atoms with Gasteiger partial charge in [0, 0.05) is 19.5 Å². The van der Waals surface area contributed by atoms with Gasteiger partial charge in [0.2, 0.25) is 5.91 Å². The van der Waals surface area contributed by atoms with Gasteiger partial charge in [-0.25, -0.2) is 0 Å². The maximum atomic E-state index is 11.9. The number of rotatable bonds is 6. The fraction of sp³-hybridized carbons (Fsp3) is 0.923. The van der Waals surface area contributed by atoms with E-state index in [4.69, 9.17) is 5.73 Å². The Morgan fingerprint density at radius 2 is 2.06 bits per heavy atom. The molecule has 1 heterocycles. The molecule has 16 heavy (non-hydrogen) atoms. The maximum Gasteiger partial charge on any atom is 0.222 e. The summed E-state index contributed by atoms with van der Waals surface area (Å²) in [5.41, 5.74) is 5.43. The first kappa shape index (κ1) is 13.5. The Morgan fingerprint density at radius 1 is 1.31 bits per heavy atom. The van der Waals surface area contributed by atoms with Crippen molar-refractivity contribution in [3.8, 4) is 0 Å². The standard InChI is InChI=1S/C13H26N2O/c1-12-7-6-10-15(11-12)13(16)8-4-2-3-5-9-14/h12H,2-11,14H2,1H3. The van der Waals surface area contributed by atoms with Gasteiger partial charge in [-0.1, -0.05) is 19.8 Å². The van der Waals surface area contributed by atoms with Crippen LogP contribution < -0.4 is 5.73 Å². The molecule has 0 aromatic carbocycles. The molecule has 3 nitrogen and oxygen atoms in total. The number of nitrogens with zero attached hydrogens (tertiary/aromatic N) is 1. The van der Waals surface area contributed by atoms with Gasteiger partial charge in [0.15, 0.2) is 0 Å². The lowest BCUT2D eigenvalue weighted by atomic mass is 10.00. The topological polar surface area (TPSA) is 46.3 Å². The number of nitrogens with two attached hydrogens (primary N) is 1. The minimum absolute atomic E-state index is 0.360. The van der Waals surface area contributed by atoms with Crippen LogP contribution in [0.3, 0.4) is 0 Å². The summed E-state index contributed by atoms with van der Waals surface area (Å²) in [5, 5.41) is 0. The first-order valence-corrected chi connectivity index (χ1v) is 6.72. The van der Waals surface area contributed by atoms with Crippen molar-refractivity contribution in [1.82, 2.24) is 4.90 Å². The Bertz CT molecular complexity index is 206. The van der Waals surface area contributed by atoms with Crippen LogP contribution >= 0.6 is 0 Å². The Labute approximate surface area is 99.4 Å². The van der Waals surface area contributed by atoms with Crippen LogP contribution in [0.2, 0.25) is 0 Å². The minimum atomic E-state index is 0.360. The average Bonchev–Trinajstić information content (AvgIpc) is 2.28. The monoisotopic (exact) mass is 226 g/mol. The zero-order chi connectivity index (χ0) is 11.8. The van der Waals surface area contributed by atoms with E-state index in [-0.39, 0.29) is 0 Å². The molecule has 3 heteroatoms. The van der Waals surface area contributed by atoms with Gasteiger partial charge < -0.3 is 10.6 Å². The SMILES string of the molecule is CC1CCCN(C(=O)CCCCCCN)C1. The Morgan fingerprint density at radius 3 is 2.75 bits per heavy atom. The highest BCUT2D eigenvalue weighted by Crippen LogP contribution is 2.17. The van der Waals surface area contributed by atoms with E-state index in [1.807, 2.05) is 0 Å². The number of amides is 1. The van der Waals surface area contributed by atoms with Crippen LogP contribution in [-0.4, -0.2) is 30.4 Å². The van der Waals surface area contributed by atoms with Crippen molar-refractivity contribution in [1.29, 1.82) is 0 Å². The van der Waals surface area contributed by atoms with Crippen molar-refractivity contribution in [3.63, 3.8) is 0 Å². The van der Waals surface area contributed by atoms with Crippen molar-refractivity contribution in [2.75, 3.05) is 19.6 Å². The lowest BCUT2D eigenvalue weighted by molar-refractivity contribution is -0.133. The molecule has 1 fully saturated rings. The third-order valence-electron chi connectivity index (χ3n) is 3.35. The van der Waals surface area contributed by atoms with Gasteiger partial charge >= 0.3 is 0 Å². The molecule has 1 rings (SSSR count). The highest BCUT2D eigenvalue weighted by molar-refractivity contribution is 5.76. The van der Waals surface area contributed by atoms with Crippen LogP contribution in [0.15, 0.2) is 0 Å². The van der Waals surface area contributed by atoms with E-state index in [1.54, 1.807) is 0 Å². The molecule has 2 N–H and O–H groups in total. The molecule has 1 amide bonds. The molecule has 1 saturated heterocycles. The van der Waals surface area contributed by atoms with Gasteiger partial charge in [-0.15, -0.1) is 0 Å². The van der Waals surface area contributed by atoms with Gasteiger partial charge in [0.05, 0.1) is 0 Å². The molecule has 1 aliphatic heterocycles. The summed E-state index contributed by atoms with van der Waals surface area (Å²) in [5.74, 6) is 1.05. The molecule has 0 aliphatic carbocycles. The fourth-order valence-electron chi connectivity index (χ4n) is 2.35. The Kier molecular flexibility index (Phi) is 6.46. The maximum absolute atomic E-state index is 11.9. The smallest absolute Gasteiger partial charge is 0.222 e. The number of hydrogen-bond acceptors (Lipinski definition) is 2. The molecule has 1 unspecified atom stereocenters. The molecule has 1 atom stereocenters. The molecule has 0 saturated carbocycles. The number of unbranched alkanes of at least 4 members (excludes halogenated alkanes) is 3. The van der Waals surface area contributed by atoms with E-state index in [0.717, 1.165) is 45.3 Å². The Hall–Kier alpha value is -0.570. The third kappa shape index (κ3) is 4.97. The second kappa shape index (κ2) is 7.66. The summed E-state index contributed by atoms with van der Waals surface area (Å²) in [6.45, 7) is 4.96. The molecule has 0 bridgehead atoms. The molecule has 0 aromatic rings. The minimum Gasteiger partial charge on any atom is -0.342 e. The van der Waals surface area contributed by atoms with E-state index in [9.17, 15) is 4.79 Å². The molecule has 94 valence electrons. The molecule has 0 spiro atoms. The fourth-order valence-corrected chi connectivity index (χ4v) is 2.35. The van der Waals surface area contributed by atoms with Crippen molar-refractivity contribution >= 4 is 5.91 Å². The van der Waals surface area contributed by atoms with Crippen molar-refractivity contribution in [3.05, 3.63) is 0 Å². The van der Waals surface area contributed by atoms with Gasteiger partial charge in [-0.05, 0) is 38.1 Å². The van der Waals surface area contributed by atoms with E-state index < -0.39 is 0 Å². The first-order chi connectivity index (χ1) is 7.74. The highest BCUT2D eigenvalue weighted by Gasteiger charge is 2.19. The lowest BCUT2D eigenvalue weighted by Gasteiger charge is -2.31. The first-order valence-electron chi connectivity index (χ1n) is 6.72. The largest absolute Gasteiger partial charge is 0.342 e. The van der Waals surface area contributed by atoms with Crippen molar-refractivity contribution < 1.29 is 4.79 Å². The van der Waals surface area contributed by atoms with E-state index in [1.165, 1.54) is 19.3 Å². The van der Waals surface area contributed by atoms with Crippen LogP contribution in [0, 0.1) is 5.92 Å². The third-order valence-corrected chi connectivity index (χ3v) is 3.35. The predicted molar refractivity (Wildman–Crippen MR) is 67.1 cm³/mol. The van der Waals surface area contributed by atoms with E-state index in [0.29, 0.717) is 11.8 Å². The van der Waals surface area contributed by atoms with Gasteiger partial charge in [0.1, 0.15) is 0 Å². The van der Waals surface area contributed by atoms with Gasteiger partial charge in [-0.2, -0.15) is 0 Å². The van der Waals surface area contributed by atoms with Crippen molar-refractivity contribution in [2.45, 2.75) is 51.9 Å². The van der Waals surface area contributed by atoms with Crippen LogP contribution in [0.5, 0.6) is 0 Å². The van der Waals surface area contributed by atoms with Gasteiger partial charge in [0.25, 0.3) is 0 Å². The summed E-state index contributed by atoms with van der Waals surface area (Å²) in [6.07, 6.45) is 7.63. The zero-order valence-corrected chi connectivity index (χ0v) is 10.6. The summed E-state index contributed by atoms with van der Waals surface area (Å²) in [7, 11) is 0. The summed E-state index contributed by atoms with van der Waals surface area (Å²) >= 11 is 0. The summed E-state index contributed by atoms with van der Waals surface area (Å²) in [4.78, 5) is 13.9. The number of hydrogen-bond donors (Lipinski definition) is 1. The molecular weight excluding hydrogens is 200 g/mol. The van der Waals surface area contributed by atoms with E-state index in [2.05, 4.69) is 11.8 Å². The second-order valence-corrected chi connectivity index (χ2v) is 5.04. The molecule has 0 aromatic heterocycles. The second-order valence-electron chi connectivity index (χ2n) is 5.04. The number of piperidine rings is 1. The highest BCUT2D eigenvalue weighted by atomic mass is 16.2. The normalized spacial score (nSPS) is 21.1. The average molecular weight is 226 g/mol. The summed E-state index contributed by atoms with van der Waals surface area (Å²) in [6, 6.07) is 0. The number of carbonyl (C=O) groups excluding carboxylic acids is 1. The van der Waals surface area contributed by atoms with Crippen LogP contribution in [0.4, 0.5) is 0 Å². The molecular formula is C13H26N2O. The van der Waals surface area contributed by atoms with Crippen molar-refractivity contribution in [2.24, 2.45) is 11.7 Å². The van der Waals surface area contributed by atoms with Crippen LogP contribution in [0.1, 0.15) is 51.9 Å². The number of likely N-dealkylation sites (tertiary alicyclic amines) is 1. The summed E-state index contributed by atoms with van der Waals surface area (Å²) < 4.78 is 0. The van der Waals surface area contributed by atoms with E-state index >= 15 is 0 Å². The molecule has 0 radical (unpaired) electrons. The van der Waals surface area contributed by atoms with Gasteiger partial charge in [-0.3, -0.25) is 4.79 Å². The Balaban J connectivity index is 2.09. The lowest BCUT2D eigenvalue weighted by Crippen LogP contribution is -2.38. The zero-order valence-electron chi connectivity index (χ0n) is 10.6. The predicted octanol–water partition coefficient (Wildman–Crippen LogP) is 2.15.